The molecule has 0 fully saturated rings. The van der Waals surface area contributed by atoms with Gasteiger partial charge in [0.2, 0.25) is 0 Å². The molecule has 2 heteroatoms. The molecule has 2 nitrogen and oxygen atoms in total. The number of hydrogen-bond donors (Lipinski definition) is 1. The lowest BCUT2D eigenvalue weighted by Gasteiger charge is -2.06. The first-order valence-corrected chi connectivity index (χ1v) is 11.2. The zero-order valence-electron chi connectivity index (χ0n) is 18.3. The fourth-order valence-corrected chi connectivity index (χ4v) is 3.34. The molecule has 0 saturated heterocycles. The first-order chi connectivity index (χ1) is 14.8. The molecule has 2 aromatic rings. The van der Waals surface area contributed by atoms with Crippen molar-refractivity contribution in [2.45, 2.75) is 64.7 Å². The monoisotopic (exact) mass is 402 g/mol. The van der Waals surface area contributed by atoms with Crippen LogP contribution in [-0.2, 0) is 6.42 Å². The van der Waals surface area contributed by atoms with Gasteiger partial charge in [0.05, 0.1) is 6.61 Å². The Balaban J connectivity index is 1.71. The average molecular weight is 403 g/mol. The smallest absolute Gasteiger partial charge is 0.119 e. The molecule has 30 heavy (non-hydrogen) atoms. The largest absolute Gasteiger partial charge is 0.494 e. The van der Waals surface area contributed by atoms with Crippen LogP contribution in [0.1, 0.15) is 80.5 Å². The summed E-state index contributed by atoms with van der Waals surface area (Å²) in [7, 11) is 0. The van der Waals surface area contributed by atoms with Crippen molar-refractivity contribution in [2.24, 2.45) is 0 Å². The van der Waals surface area contributed by atoms with E-state index in [0.717, 1.165) is 54.7 Å². The van der Waals surface area contributed by atoms with Crippen LogP contribution in [0.25, 0.3) is 0 Å². The first kappa shape index (κ1) is 23.6. The zero-order valence-corrected chi connectivity index (χ0v) is 18.3. The number of rotatable bonds is 12. The molecular formula is C28H34O2. The van der Waals surface area contributed by atoms with Crippen molar-refractivity contribution in [1.29, 1.82) is 0 Å². The summed E-state index contributed by atoms with van der Waals surface area (Å²) in [6, 6.07) is 14.0. The van der Waals surface area contributed by atoms with Gasteiger partial charge in [-0.2, -0.15) is 0 Å². The predicted molar refractivity (Wildman–Crippen MR) is 126 cm³/mol. The highest BCUT2D eigenvalue weighted by Crippen LogP contribution is 2.15. The van der Waals surface area contributed by atoms with Crippen molar-refractivity contribution < 1.29 is 9.84 Å². The summed E-state index contributed by atoms with van der Waals surface area (Å²) in [5, 5.41) is 8.76. The minimum Gasteiger partial charge on any atom is -0.494 e. The number of benzene rings is 2. The molecule has 0 aliphatic carbocycles. The van der Waals surface area contributed by atoms with Crippen LogP contribution >= 0.6 is 0 Å². The SMILES string of the molecule is C#Cc1ccc(C#Cc2ccc(OCCCCCCCCCCO)cc2)c(CC)c1. The van der Waals surface area contributed by atoms with Crippen LogP contribution in [0.15, 0.2) is 42.5 Å². The second kappa shape index (κ2) is 14.3. The van der Waals surface area contributed by atoms with E-state index in [1.807, 2.05) is 42.5 Å². The number of terminal acetylenes is 1. The van der Waals surface area contributed by atoms with E-state index >= 15 is 0 Å². The van der Waals surface area contributed by atoms with Crippen molar-refractivity contribution in [3.8, 4) is 29.9 Å². The minimum absolute atomic E-state index is 0.325. The normalized spacial score (nSPS) is 10.2. The quantitative estimate of drug-likeness (QED) is 0.342. The third-order valence-corrected chi connectivity index (χ3v) is 5.17. The predicted octanol–water partition coefficient (Wildman–Crippen LogP) is 6.12. The molecule has 1 N–H and O–H groups in total. The number of ether oxygens (including phenoxy) is 1. The van der Waals surface area contributed by atoms with Gasteiger partial charge in [0.1, 0.15) is 5.75 Å². The van der Waals surface area contributed by atoms with Gasteiger partial charge in [-0.1, -0.05) is 63.2 Å². The molecule has 0 radical (unpaired) electrons. The van der Waals surface area contributed by atoms with Crippen molar-refractivity contribution in [3.05, 3.63) is 64.7 Å². The summed E-state index contributed by atoms with van der Waals surface area (Å²) in [5.41, 5.74) is 4.09. The Morgan fingerprint density at radius 1 is 0.800 bits per heavy atom. The molecule has 0 atom stereocenters. The molecule has 158 valence electrons. The van der Waals surface area contributed by atoms with Gasteiger partial charge >= 0.3 is 0 Å². The first-order valence-electron chi connectivity index (χ1n) is 11.2. The lowest BCUT2D eigenvalue weighted by molar-refractivity contribution is 0.282. The van der Waals surface area contributed by atoms with Gasteiger partial charge in [-0.25, -0.2) is 0 Å². The van der Waals surface area contributed by atoms with Gasteiger partial charge in [0, 0.05) is 23.3 Å². The molecule has 0 aliphatic rings. The number of aryl methyl sites for hydroxylation is 1. The van der Waals surface area contributed by atoms with Crippen LogP contribution in [0.2, 0.25) is 0 Å². The van der Waals surface area contributed by atoms with Crippen molar-refractivity contribution >= 4 is 0 Å². The van der Waals surface area contributed by atoms with Crippen molar-refractivity contribution in [1.82, 2.24) is 0 Å². The number of aliphatic hydroxyl groups is 1. The maximum Gasteiger partial charge on any atom is 0.119 e. The molecule has 0 spiro atoms. The van der Waals surface area contributed by atoms with Crippen molar-refractivity contribution in [3.63, 3.8) is 0 Å². The van der Waals surface area contributed by atoms with Crippen LogP contribution < -0.4 is 4.74 Å². The third kappa shape index (κ3) is 8.77. The summed E-state index contributed by atoms with van der Waals surface area (Å²) >= 11 is 0. The Morgan fingerprint density at radius 2 is 1.43 bits per heavy atom. The van der Waals surface area contributed by atoms with E-state index in [9.17, 15) is 0 Å². The Kier molecular flexibility index (Phi) is 11.3. The highest BCUT2D eigenvalue weighted by Gasteiger charge is 1.99. The molecule has 2 rings (SSSR count). The number of hydrogen-bond acceptors (Lipinski definition) is 2. The standard InChI is InChI=1S/C28H34O2/c1-3-24-13-17-27(26(4-2)23-24)18-14-25-15-19-28(20-16-25)30-22-12-10-8-6-5-7-9-11-21-29/h1,13,15-17,19-20,23,29H,4-12,21-22H2,2H3. The van der Waals surface area contributed by atoms with Gasteiger partial charge in [-0.15, -0.1) is 6.42 Å². The summed E-state index contributed by atoms with van der Waals surface area (Å²) in [6.45, 7) is 3.20. The van der Waals surface area contributed by atoms with Crippen LogP contribution in [0, 0.1) is 24.2 Å². The average Bonchev–Trinajstić information content (AvgIpc) is 2.79. The molecule has 0 amide bonds. The van der Waals surface area contributed by atoms with E-state index in [0.29, 0.717) is 6.61 Å². The van der Waals surface area contributed by atoms with E-state index < -0.39 is 0 Å². The van der Waals surface area contributed by atoms with Gasteiger partial charge in [-0.05, 0) is 67.3 Å². The molecule has 0 aromatic heterocycles. The van der Waals surface area contributed by atoms with Crippen LogP contribution in [0.5, 0.6) is 5.75 Å². The maximum absolute atomic E-state index is 8.76. The summed E-state index contributed by atoms with van der Waals surface area (Å²) in [4.78, 5) is 0. The van der Waals surface area contributed by atoms with Crippen LogP contribution in [-0.4, -0.2) is 18.3 Å². The minimum atomic E-state index is 0.325. The van der Waals surface area contributed by atoms with E-state index in [1.54, 1.807) is 0 Å². The Hall–Kier alpha value is -2.68. The van der Waals surface area contributed by atoms with Gasteiger partial charge in [-0.3, -0.25) is 0 Å². The van der Waals surface area contributed by atoms with Gasteiger partial charge in [0.25, 0.3) is 0 Å². The summed E-state index contributed by atoms with van der Waals surface area (Å²) < 4.78 is 5.85. The molecular weight excluding hydrogens is 368 g/mol. The molecule has 0 saturated carbocycles. The van der Waals surface area contributed by atoms with Crippen molar-refractivity contribution in [2.75, 3.05) is 13.2 Å². The lowest BCUT2D eigenvalue weighted by atomic mass is 10.0. The van der Waals surface area contributed by atoms with Crippen LogP contribution in [0.3, 0.4) is 0 Å². The molecule has 0 heterocycles. The van der Waals surface area contributed by atoms with Gasteiger partial charge < -0.3 is 9.84 Å². The van der Waals surface area contributed by atoms with E-state index in [-0.39, 0.29) is 0 Å². The second-order valence-corrected chi connectivity index (χ2v) is 7.54. The summed E-state index contributed by atoms with van der Waals surface area (Å²) in [6.07, 6.45) is 15.8. The number of aliphatic hydroxyl groups excluding tert-OH is 1. The van der Waals surface area contributed by atoms with Gasteiger partial charge in [0.15, 0.2) is 0 Å². The maximum atomic E-state index is 8.76. The molecule has 0 aliphatic heterocycles. The van der Waals surface area contributed by atoms with E-state index in [1.165, 1.54) is 37.7 Å². The molecule has 0 unspecified atom stereocenters. The lowest BCUT2D eigenvalue weighted by Crippen LogP contribution is -1.97. The zero-order chi connectivity index (χ0) is 21.4. The van der Waals surface area contributed by atoms with E-state index in [4.69, 9.17) is 16.3 Å². The topological polar surface area (TPSA) is 29.5 Å². The second-order valence-electron chi connectivity index (χ2n) is 7.54. The summed E-state index contributed by atoms with van der Waals surface area (Å²) in [5.74, 6) is 10.1. The Morgan fingerprint density at radius 3 is 2.07 bits per heavy atom. The third-order valence-electron chi connectivity index (χ3n) is 5.17. The highest BCUT2D eigenvalue weighted by atomic mass is 16.5. The highest BCUT2D eigenvalue weighted by molar-refractivity contribution is 5.50. The molecule has 2 aromatic carbocycles. The van der Waals surface area contributed by atoms with E-state index in [2.05, 4.69) is 24.7 Å². The Labute approximate surface area is 182 Å². The van der Waals surface area contributed by atoms with Crippen LogP contribution in [0.4, 0.5) is 0 Å². The molecule has 0 bridgehead atoms. The fraction of sp³-hybridized carbons (Fsp3) is 0.429. The number of unbranched alkanes of at least 4 members (excludes halogenated alkanes) is 7. The Bertz CT molecular complexity index is 847. The fourth-order valence-electron chi connectivity index (χ4n) is 3.34.